The molecule has 12 heteroatoms. The number of ether oxygens (including phenoxy) is 1. The Labute approximate surface area is 161 Å². The number of nitrogens with one attached hydrogen (secondary N) is 1. The minimum atomic E-state index is -5.99. The highest BCUT2D eigenvalue weighted by atomic mass is 32.2. The van der Waals surface area contributed by atoms with E-state index in [9.17, 15) is 35.5 Å². The second-order valence-electron chi connectivity index (χ2n) is 6.28. The third-order valence-corrected chi connectivity index (χ3v) is 5.94. The lowest BCUT2D eigenvalue weighted by atomic mass is 10.1. The molecule has 0 heterocycles. The van der Waals surface area contributed by atoms with Crippen molar-refractivity contribution in [2.75, 3.05) is 5.73 Å². The maximum Gasteiger partial charge on any atom is 0.501 e. The van der Waals surface area contributed by atoms with Crippen molar-refractivity contribution in [2.24, 2.45) is 0 Å². The zero-order valence-electron chi connectivity index (χ0n) is 14.3. The van der Waals surface area contributed by atoms with Crippen molar-refractivity contribution in [1.82, 2.24) is 0 Å². The number of alkyl halides is 5. The number of nitrogens with two attached hydrogens (primary N) is 1. The molecule has 156 valence electrons. The molecular weight excluding hydrogens is 423 g/mol. The van der Waals surface area contributed by atoms with E-state index in [0.717, 1.165) is 12.3 Å². The van der Waals surface area contributed by atoms with Crippen LogP contribution < -0.4 is 10.5 Å². The Bertz CT molecular complexity index is 1100. The van der Waals surface area contributed by atoms with E-state index < -0.39 is 49.8 Å². The van der Waals surface area contributed by atoms with Crippen molar-refractivity contribution in [3.63, 3.8) is 0 Å². The van der Waals surface area contributed by atoms with Crippen LogP contribution in [0, 0.1) is 5.41 Å². The van der Waals surface area contributed by atoms with E-state index in [1.165, 1.54) is 18.2 Å². The molecule has 0 saturated carbocycles. The van der Waals surface area contributed by atoms with Crippen molar-refractivity contribution in [2.45, 2.75) is 28.9 Å². The summed E-state index contributed by atoms with van der Waals surface area (Å²) in [5, 5.41) is 17.1. The van der Waals surface area contributed by atoms with Crippen LogP contribution in [0.15, 0.2) is 35.2 Å². The molecule has 1 aliphatic carbocycles. The average Bonchev–Trinajstić information content (AvgIpc) is 2.86. The minimum Gasteiger partial charge on any atom is -0.457 e. The van der Waals surface area contributed by atoms with Gasteiger partial charge in [-0.25, -0.2) is 17.2 Å². The summed E-state index contributed by atoms with van der Waals surface area (Å²) in [7, 11) is -5.99. The average molecular weight is 436 g/mol. The van der Waals surface area contributed by atoms with Gasteiger partial charge in [-0.05, 0) is 30.3 Å². The van der Waals surface area contributed by atoms with Gasteiger partial charge in [0.2, 0.25) is 0 Å². The fraction of sp³-hybridized carbons (Fsp3) is 0.235. The van der Waals surface area contributed by atoms with Crippen LogP contribution in [0.4, 0.5) is 27.6 Å². The molecule has 2 aromatic carbocycles. The van der Waals surface area contributed by atoms with Crippen LogP contribution in [-0.2, 0) is 16.3 Å². The Morgan fingerprint density at radius 3 is 2.48 bits per heavy atom. The number of hydrogen-bond donors (Lipinski definition) is 3. The van der Waals surface area contributed by atoms with E-state index in [1.807, 2.05) is 0 Å². The number of aliphatic hydroxyl groups is 1. The first-order valence-corrected chi connectivity index (χ1v) is 9.39. The Morgan fingerprint density at radius 1 is 1.24 bits per heavy atom. The maximum absolute atomic E-state index is 14.1. The summed E-state index contributed by atoms with van der Waals surface area (Å²) in [5.74, 6) is -4.21. The van der Waals surface area contributed by atoms with Gasteiger partial charge in [-0.3, -0.25) is 0 Å². The fourth-order valence-corrected chi connectivity index (χ4v) is 3.99. The SMILES string of the molecule is N=Cc1cc(Oc2ccc(S(=O)(=O)C(F)(F)F)c3c2CC(F)(F)C3O)ccc1N. The molecule has 0 spiro atoms. The lowest BCUT2D eigenvalue weighted by Gasteiger charge is -2.17. The summed E-state index contributed by atoms with van der Waals surface area (Å²) in [6.07, 6.45) is -3.06. The Morgan fingerprint density at radius 2 is 1.90 bits per heavy atom. The Kier molecular flexibility index (Phi) is 4.82. The summed E-state index contributed by atoms with van der Waals surface area (Å²) in [6, 6.07) is 5.27. The quantitative estimate of drug-likeness (QED) is 0.385. The van der Waals surface area contributed by atoms with Gasteiger partial charge in [0.05, 0.1) is 4.90 Å². The van der Waals surface area contributed by atoms with Crippen molar-refractivity contribution in [3.05, 3.63) is 47.0 Å². The number of hydrogen-bond acceptors (Lipinski definition) is 6. The van der Waals surface area contributed by atoms with Crippen molar-refractivity contribution in [3.8, 4) is 11.5 Å². The van der Waals surface area contributed by atoms with Crippen molar-refractivity contribution < 1.29 is 40.2 Å². The van der Waals surface area contributed by atoms with Gasteiger partial charge in [-0.1, -0.05) is 0 Å². The van der Waals surface area contributed by atoms with Gasteiger partial charge < -0.3 is 21.0 Å². The number of aliphatic hydroxyl groups excluding tert-OH is 1. The molecule has 0 aliphatic heterocycles. The molecule has 1 atom stereocenters. The highest BCUT2D eigenvalue weighted by Gasteiger charge is 2.55. The van der Waals surface area contributed by atoms with Crippen LogP contribution in [0.1, 0.15) is 22.8 Å². The summed E-state index contributed by atoms with van der Waals surface area (Å²) in [6.45, 7) is 0. The first kappa shape index (κ1) is 21.0. The number of fused-ring (bicyclic) bond motifs is 1. The van der Waals surface area contributed by atoms with Crippen LogP contribution >= 0.6 is 0 Å². The lowest BCUT2D eigenvalue weighted by Crippen LogP contribution is -2.26. The molecular formula is C17H13F5N2O4S. The Balaban J connectivity index is 2.17. The minimum absolute atomic E-state index is 0.0241. The van der Waals surface area contributed by atoms with Gasteiger partial charge in [0, 0.05) is 35.0 Å². The van der Waals surface area contributed by atoms with Crippen LogP contribution in [0.5, 0.6) is 11.5 Å². The zero-order chi connectivity index (χ0) is 21.8. The monoisotopic (exact) mass is 436 g/mol. The van der Waals surface area contributed by atoms with E-state index >= 15 is 0 Å². The molecule has 4 N–H and O–H groups in total. The van der Waals surface area contributed by atoms with E-state index in [-0.39, 0.29) is 22.7 Å². The molecule has 0 amide bonds. The predicted octanol–water partition coefficient (Wildman–Crippen LogP) is 3.58. The summed E-state index contributed by atoms with van der Waals surface area (Å²) in [4.78, 5) is -1.45. The van der Waals surface area contributed by atoms with E-state index in [0.29, 0.717) is 6.07 Å². The van der Waals surface area contributed by atoms with Gasteiger partial charge >= 0.3 is 5.51 Å². The molecule has 0 aromatic heterocycles. The van der Waals surface area contributed by atoms with Gasteiger partial charge in [-0.15, -0.1) is 0 Å². The fourth-order valence-electron chi connectivity index (χ4n) is 2.97. The molecule has 0 saturated heterocycles. The molecule has 1 aliphatic rings. The molecule has 6 nitrogen and oxygen atoms in total. The lowest BCUT2D eigenvalue weighted by molar-refractivity contribution is -0.0978. The molecule has 29 heavy (non-hydrogen) atoms. The normalized spacial score (nSPS) is 18.3. The highest BCUT2D eigenvalue weighted by molar-refractivity contribution is 7.92. The van der Waals surface area contributed by atoms with Gasteiger partial charge in [0.15, 0.2) is 0 Å². The van der Waals surface area contributed by atoms with Gasteiger partial charge in [0.25, 0.3) is 15.8 Å². The molecule has 2 aromatic rings. The largest absolute Gasteiger partial charge is 0.501 e. The van der Waals surface area contributed by atoms with E-state index in [2.05, 4.69) is 0 Å². The highest BCUT2D eigenvalue weighted by Crippen LogP contribution is 2.51. The van der Waals surface area contributed by atoms with E-state index in [4.69, 9.17) is 15.9 Å². The number of anilines is 1. The van der Waals surface area contributed by atoms with Crippen LogP contribution in [0.25, 0.3) is 0 Å². The molecule has 1 unspecified atom stereocenters. The summed E-state index contributed by atoms with van der Waals surface area (Å²) >= 11 is 0. The smallest absolute Gasteiger partial charge is 0.457 e. The molecule has 0 bridgehead atoms. The summed E-state index contributed by atoms with van der Waals surface area (Å²) < 4.78 is 96.0. The number of halogens is 5. The first-order chi connectivity index (χ1) is 13.3. The van der Waals surface area contributed by atoms with Gasteiger partial charge in [-0.2, -0.15) is 13.2 Å². The first-order valence-electron chi connectivity index (χ1n) is 7.90. The van der Waals surface area contributed by atoms with Crippen LogP contribution in [0.3, 0.4) is 0 Å². The topological polar surface area (TPSA) is 113 Å². The number of rotatable bonds is 4. The Hall–Kier alpha value is -2.73. The molecule has 3 rings (SSSR count). The standard InChI is InChI=1S/C17H13F5N2O4S/c18-16(19)6-10-12(28-9-1-2-11(24)8(5-9)7-23)3-4-13(14(10)15(16)25)29(26,27)17(20,21)22/h1-5,7,15,23,25H,6,24H2. The van der Waals surface area contributed by atoms with E-state index in [1.54, 1.807) is 0 Å². The van der Waals surface area contributed by atoms with Crippen LogP contribution in [-0.4, -0.2) is 31.2 Å². The maximum atomic E-state index is 14.1. The third kappa shape index (κ3) is 3.42. The van der Waals surface area contributed by atoms with Crippen molar-refractivity contribution >= 4 is 21.7 Å². The second-order valence-corrected chi connectivity index (χ2v) is 8.19. The summed E-state index contributed by atoms with van der Waals surface area (Å²) in [5.41, 5.74) is -1.24. The number of sulfone groups is 1. The molecule has 0 radical (unpaired) electrons. The second kappa shape index (κ2) is 6.66. The predicted molar refractivity (Wildman–Crippen MR) is 92.1 cm³/mol. The number of nitrogen functional groups attached to an aromatic ring is 1. The van der Waals surface area contributed by atoms with Crippen molar-refractivity contribution in [1.29, 1.82) is 5.41 Å². The number of benzene rings is 2. The zero-order valence-corrected chi connectivity index (χ0v) is 15.1. The van der Waals surface area contributed by atoms with Crippen LogP contribution in [0.2, 0.25) is 0 Å². The molecule has 0 fully saturated rings. The third-order valence-electron chi connectivity index (χ3n) is 4.40. The van der Waals surface area contributed by atoms with Gasteiger partial charge in [0.1, 0.15) is 17.6 Å².